The number of benzene rings is 2. The van der Waals surface area contributed by atoms with Gasteiger partial charge in [0.15, 0.2) is 11.5 Å². The first-order valence-electron chi connectivity index (χ1n) is 6.23. The lowest BCUT2D eigenvalue weighted by Crippen LogP contribution is -2.00. The standard InChI is InChI=1S/C15H15NO5/c1-19-13-9-15(14(20-2)8-12(13)16(17)18)21-10-11-6-4-3-5-7-11/h3-9H,10H2,1-2H3. The van der Waals surface area contributed by atoms with Crippen LogP contribution < -0.4 is 14.2 Å². The Morgan fingerprint density at radius 1 is 1.00 bits per heavy atom. The SMILES string of the molecule is COc1cc([N+](=O)[O-])c(OC)cc1OCc1ccccc1. The molecule has 0 aromatic heterocycles. The van der Waals surface area contributed by atoms with Gasteiger partial charge in [-0.2, -0.15) is 0 Å². The van der Waals surface area contributed by atoms with Crippen LogP contribution in [0.25, 0.3) is 0 Å². The molecule has 0 spiro atoms. The molecule has 110 valence electrons. The molecule has 0 aliphatic carbocycles. The van der Waals surface area contributed by atoms with Crippen LogP contribution in [0.15, 0.2) is 42.5 Å². The fourth-order valence-corrected chi connectivity index (χ4v) is 1.84. The van der Waals surface area contributed by atoms with E-state index >= 15 is 0 Å². The Labute approximate surface area is 122 Å². The molecule has 2 aromatic carbocycles. The van der Waals surface area contributed by atoms with Gasteiger partial charge in [0.05, 0.1) is 25.2 Å². The van der Waals surface area contributed by atoms with E-state index in [4.69, 9.17) is 14.2 Å². The zero-order chi connectivity index (χ0) is 15.2. The van der Waals surface area contributed by atoms with E-state index in [0.29, 0.717) is 18.1 Å². The van der Waals surface area contributed by atoms with Crippen molar-refractivity contribution >= 4 is 5.69 Å². The molecular weight excluding hydrogens is 274 g/mol. The van der Waals surface area contributed by atoms with Crippen LogP contribution in [0.2, 0.25) is 0 Å². The molecule has 6 nitrogen and oxygen atoms in total. The van der Waals surface area contributed by atoms with E-state index in [-0.39, 0.29) is 11.4 Å². The van der Waals surface area contributed by atoms with Crippen molar-refractivity contribution in [2.75, 3.05) is 14.2 Å². The minimum atomic E-state index is -0.525. The van der Waals surface area contributed by atoms with Gasteiger partial charge in [0.2, 0.25) is 5.75 Å². The first-order valence-corrected chi connectivity index (χ1v) is 6.23. The predicted molar refractivity (Wildman–Crippen MR) is 77.0 cm³/mol. The lowest BCUT2D eigenvalue weighted by atomic mass is 10.2. The van der Waals surface area contributed by atoms with Gasteiger partial charge in [0.25, 0.3) is 0 Å². The van der Waals surface area contributed by atoms with E-state index in [1.165, 1.54) is 26.4 Å². The summed E-state index contributed by atoms with van der Waals surface area (Å²) >= 11 is 0. The lowest BCUT2D eigenvalue weighted by Gasteiger charge is -2.12. The van der Waals surface area contributed by atoms with Gasteiger partial charge >= 0.3 is 5.69 Å². The number of methoxy groups -OCH3 is 2. The number of hydrogen-bond acceptors (Lipinski definition) is 5. The molecule has 0 N–H and O–H groups in total. The summed E-state index contributed by atoms with van der Waals surface area (Å²) in [4.78, 5) is 10.4. The average Bonchev–Trinajstić information content (AvgIpc) is 2.52. The summed E-state index contributed by atoms with van der Waals surface area (Å²) in [5.41, 5.74) is 0.818. The Morgan fingerprint density at radius 2 is 1.67 bits per heavy atom. The van der Waals surface area contributed by atoms with E-state index in [9.17, 15) is 10.1 Å². The van der Waals surface area contributed by atoms with E-state index in [0.717, 1.165) is 5.56 Å². The van der Waals surface area contributed by atoms with Crippen LogP contribution in [0.1, 0.15) is 5.56 Å². The first-order chi connectivity index (χ1) is 10.2. The predicted octanol–water partition coefficient (Wildman–Crippen LogP) is 3.19. The van der Waals surface area contributed by atoms with Crippen molar-refractivity contribution in [3.63, 3.8) is 0 Å². The zero-order valence-electron chi connectivity index (χ0n) is 11.7. The van der Waals surface area contributed by atoms with Crippen LogP contribution in [0.5, 0.6) is 17.2 Å². The van der Waals surface area contributed by atoms with Crippen LogP contribution >= 0.6 is 0 Å². The topological polar surface area (TPSA) is 70.8 Å². The highest BCUT2D eigenvalue weighted by Gasteiger charge is 2.20. The molecule has 0 heterocycles. The third-order valence-corrected chi connectivity index (χ3v) is 2.90. The maximum atomic E-state index is 11.0. The quantitative estimate of drug-likeness (QED) is 0.603. The molecule has 6 heteroatoms. The van der Waals surface area contributed by atoms with Crippen molar-refractivity contribution in [1.82, 2.24) is 0 Å². The monoisotopic (exact) mass is 289 g/mol. The number of hydrogen-bond donors (Lipinski definition) is 0. The van der Waals surface area contributed by atoms with Crippen LogP contribution in [0.3, 0.4) is 0 Å². The number of ether oxygens (including phenoxy) is 3. The van der Waals surface area contributed by atoms with Gasteiger partial charge in [-0.25, -0.2) is 0 Å². The third kappa shape index (κ3) is 3.42. The first kappa shape index (κ1) is 14.6. The molecular formula is C15H15NO5. The van der Waals surface area contributed by atoms with Gasteiger partial charge in [-0.05, 0) is 5.56 Å². The summed E-state index contributed by atoms with van der Waals surface area (Å²) in [7, 11) is 2.80. The van der Waals surface area contributed by atoms with E-state index < -0.39 is 4.92 Å². The minimum absolute atomic E-state index is 0.129. The molecule has 2 rings (SSSR count). The van der Waals surface area contributed by atoms with Gasteiger partial charge in [-0.3, -0.25) is 10.1 Å². The summed E-state index contributed by atoms with van der Waals surface area (Å²) < 4.78 is 15.8. The molecule has 0 aliphatic heterocycles. The molecule has 0 atom stereocenters. The largest absolute Gasteiger partial charge is 0.493 e. The fourth-order valence-electron chi connectivity index (χ4n) is 1.84. The smallest absolute Gasteiger partial charge is 0.314 e. The van der Waals surface area contributed by atoms with Crippen LogP contribution in [0.4, 0.5) is 5.69 Å². The highest BCUT2D eigenvalue weighted by Crippen LogP contribution is 2.39. The van der Waals surface area contributed by atoms with Crippen molar-refractivity contribution in [2.24, 2.45) is 0 Å². The van der Waals surface area contributed by atoms with Crippen molar-refractivity contribution in [3.05, 3.63) is 58.1 Å². The van der Waals surface area contributed by atoms with Gasteiger partial charge in [0, 0.05) is 6.07 Å². The van der Waals surface area contributed by atoms with Crippen molar-refractivity contribution < 1.29 is 19.1 Å². The zero-order valence-corrected chi connectivity index (χ0v) is 11.7. The highest BCUT2D eigenvalue weighted by atomic mass is 16.6. The second-order valence-electron chi connectivity index (χ2n) is 4.21. The molecule has 0 unspecified atom stereocenters. The summed E-state index contributed by atoms with van der Waals surface area (Å²) in [5.74, 6) is 0.811. The fraction of sp³-hybridized carbons (Fsp3) is 0.200. The Hall–Kier alpha value is -2.76. The van der Waals surface area contributed by atoms with Crippen molar-refractivity contribution in [1.29, 1.82) is 0 Å². The molecule has 0 saturated heterocycles. The summed E-state index contributed by atoms with van der Waals surface area (Å²) in [6.07, 6.45) is 0. The lowest BCUT2D eigenvalue weighted by molar-refractivity contribution is -0.385. The second kappa shape index (κ2) is 6.60. The minimum Gasteiger partial charge on any atom is -0.493 e. The van der Waals surface area contributed by atoms with Gasteiger partial charge < -0.3 is 14.2 Å². The van der Waals surface area contributed by atoms with Crippen LogP contribution in [-0.4, -0.2) is 19.1 Å². The molecule has 0 fully saturated rings. The van der Waals surface area contributed by atoms with Gasteiger partial charge in [-0.1, -0.05) is 30.3 Å². The molecule has 21 heavy (non-hydrogen) atoms. The van der Waals surface area contributed by atoms with Gasteiger partial charge in [0.1, 0.15) is 6.61 Å². The molecule has 0 bridgehead atoms. The number of nitro groups is 1. The number of nitro benzene ring substituents is 1. The maximum Gasteiger partial charge on any atom is 0.314 e. The Bertz CT molecular complexity index is 627. The molecule has 0 amide bonds. The van der Waals surface area contributed by atoms with Crippen molar-refractivity contribution in [2.45, 2.75) is 6.61 Å². The Morgan fingerprint density at radius 3 is 2.24 bits per heavy atom. The molecule has 0 radical (unpaired) electrons. The van der Waals surface area contributed by atoms with Crippen LogP contribution in [-0.2, 0) is 6.61 Å². The molecule has 0 saturated carbocycles. The Balaban J connectivity index is 2.28. The molecule has 2 aromatic rings. The van der Waals surface area contributed by atoms with Gasteiger partial charge in [-0.15, -0.1) is 0 Å². The Kier molecular flexibility index (Phi) is 4.61. The van der Waals surface area contributed by atoms with Crippen LogP contribution in [0, 0.1) is 10.1 Å². The van der Waals surface area contributed by atoms with E-state index in [1.807, 2.05) is 30.3 Å². The maximum absolute atomic E-state index is 11.0. The number of nitrogens with zero attached hydrogens (tertiary/aromatic N) is 1. The molecule has 0 aliphatic rings. The summed E-state index contributed by atoms with van der Waals surface area (Å²) in [6, 6.07) is 12.3. The third-order valence-electron chi connectivity index (χ3n) is 2.90. The second-order valence-corrected chi connectivity index (χ2v) is 4.21. The van der Waals surface area contributed by atoms with Crippen molar-refractivity contribution in [3.8, 4) is 17.2 Å². The summed E-state index contributed by atoms with van der Waals surface area (Å²) in [5, 5.41) is 11.0. The average molecular weight is 289 g/mol. The highest BCUT2D eigenvalue weighted by molar-refractivity contribution is 5.58. The van der Waals surface area contributed by atoms with E-state index in [2.05, 4.69) is 0 Å². The number of rotatable bonds is 6. The normalized spacial score (nSPS) is 10.0. The summed E-state index contributed by atoms with van der Waals surface area (Å²) in [6.45, 7) is 0.332. The van der Waals surface area contributed by atoms with E-state index in [1.54, 1.807) is 0 Å².